The molecule has 0 saturated carbocycles. The van der Waals surface area contributed by atoms with E-state index in [0.717, 1.165) is 37.1 Å². The van der Waals surface area contributed by atoms with Crippen molar-refractivity contribution in [3.63, 3.8) is 0 Å². The van der Waals surface area contributed by atoms with Crippen LogP contribution in [0.5, 0.6) is 0 Å². The Morgan fingerprint density at radius 2 is 1.82 bits per heavy atom. The molecule has 0 radical (unpaired) electrons. The van der Waals surface area contributed by atoms with Gasteiger partial charge in [0.2, 0.25) is 11.7 Å². The average Bonchev–Trinajstić information content (AvgIpc) is 2.94. The van der Waals surface area contributed by atoms with E-state index in [2.05, 4.69) is 10.1 Å². The number of carbonyl (C=O) groups excluding carboxylic acids is 1. The summed E-state index contributed by atoms with van der Waals surface area (Å²) in [4.78, 5) is 31.9. The maximum Gasteiger partial charge on any atom is 0.275 e. The summed E-state index contributed by atoms with van der Waals surface area (Å²) in [7, 11) is 0. The van der Waals surface area contributed by atoms with E-state index in [0.29, 0.717) is 17.3 Å². The molecule has 0 unspecified atom stereocenters. The summed E-state index contributed by atoms with van der Waals surface area (Å²) in [5.74, 6) is 0.961. The minimum atomic E-state index is -0.239. The first-order valence-electron chi connectivity index (χ1n) is 9.85. The van der Waals surface area contributed by atoms with E-state index < -0.39 is 0 Å². The second-order valence-corrected chi connectivity index (χ2v) is 7.52. The van der Waals surface area contributed by atoms with Crippen molar-refractivity contribution in [3.05, 3.63) is 51.9 Å². The summed E-state index contributed by atoms with van der Waals surface area (Å²) < 4.78 is 3.08. The lowest BCUT2D eigenvalue weighted by molar-refractivity contribution is -0.131. The van der Waals surface area contributed by atoms with E-state index in [-0.39, 0.29) is 18.0 Å². The summed E-state index contributed by atoms with van der Waals surface area (Å²) in [5, 5.41) is 4.41. The van der Waals surface area contributed by atoms with Gasteiger partial charge in [0, 0.05) is 30.4 Å². The highest BCUT2D eigenvalue weighted by Gasteiger charge is 2.19. The smallest absolute Gasteiger partial charge is 0.275 e. The minimum absolute atomic E-state index is 0.0654. The van der Waals surface area contributed by atoms with E-state index in [1.807, 2.05) is 43.0 Å². The number of aryl methyl sites for hydroxylation is 2. The Hall–Kier alpha value is -2.96. The van der Waals surface area contributed by atoms with Gasteiger partial charge >= 0.3 is 0 Å². The molecule has 1 aromatic carbocycles. The van der Waals surface area contributed by atoms with Crippen LogP contribution in [0.3, 0.4) is 0 Å². The van der Waals surface area contributed by atoms with Crippen LogP contribution in [-0.4, -0.2) is 43.1 Å². The van der Waals surface area contributed by atoms with Crippen LogP contribution in [-0.2, 0) is 11.3 Å². The number of amides is 1. The first-order chi connectivity index (χ1) is 13.5. The number of aromatic nitrogens is 4. The van der Waals surface area contributed by atoms with Crippen LogP contribution in [0.1, 0.15) is 36.9 Å². The molecule has 0 atom stereocenters. The van der Waals surface area contributed by atoms with Crippen LogP contribution in [0.4, 0.5) is 0 Å². The molecule has 3 aromatic rings. The fourth-order valence-electron chi connectivity index (χ4n) is 3.76. The molecule has 0 aliphatic carbocycles. The molecular weight excluding hydrogens is 354 g/mol. The number of hydrogen-bond acceptors (Lipinski definition) is 4. The predicted molar refractivity (Wildman–Crippen MR) is 107 cm³/mol. The minimum Gasteiger partial charge on any atom is -0.341 e. The fraction of sp³-hybridized carbons (Fsp3) is 0.429. The first kappa shape index (κ1) is 18.4. The highest BCUT2D eigenvalue weighted by molar-refractivity contribution is 5.76. The van der Waals surface area contributed by atoms with Crippen molar-refractivity contribution in [1.29, 1.82) is 0 Å². The molecule has 1 amide bonds. The number of likely N-dealkylation sites (tertiary alicyclic amines) is 1. The van der Waals surface area contributed by atoms with Crippen molar-refractivity contribution in [2.75, 3.05) is 13.1 Å². The molecule has 2 aromatic heterocycles. The lowest BCUT2D eigenvalue weighted by Gasteiger charge is -2.21. The molecule has 4 rings (SSSR count). The van der Waals surface area contributed by atoms with Crippen LogP contribution in [0, 0.1) is 13.8 Å². The van der Waals surface area contributed by atoms with Crippen LogP contribution < -0.4 is 5.56 Å². The molecule has 146 valence electrons. The van der Waals surface area contributed by atoms with Gasteiger partial charge < -0.3 is 9.47 Å². The van der Waals surface area contributed by atoms with Crippen molar-refractivity contribution in [2.45, 2.75) is 46.1 Å². The Bertz CT molecular complexity index is 1070. The normalized spacial score (nSPS) is 15.0. The van der Waals surface area contributed by atoms with Crippen molar-refractivity contribution < 1.29 is 4.79 Å². The van der Waals surface area contributed by atoms with Gasteiger partial charge in [-0.2, -0.15) is 9.50 Å². The molecule has 1 saturated heterocycles. The third-order valence-corrected chi connectivity index (χ3v) is 5.33. The maximum absolute atomic E-state index is 12.9. The Labute approximate surface area is 163 Å². The van der Waals surface area contributed by atoms with Gasteiger partial charge in [-0.3, -0.25) is 9.59 Å². The van der Waals surface area contributed by atoms with E-state index in [9.17, 15) is 9.59 Å². The van der Waals surface area contributed by atoms with Crippen molar-refractivity contribution >= 4 is 11.7 Å². The highest BCUT2D eigenvalue weighted by atomic mass is 16.2. The number of fused-ring (bicyclic) bond motifs is 1. The first-order valence-corrected chi connectivity index (χ1v) is 9.85. The quantitative estimate of drug-likeness (QED) is 0.701. The Morgan fingerprint density at radius 1 is 1.07 bits per heavy atom. The van der Waals surface area contributed by atoms with Gasteiger partial charge in [0.1, 0.15) is 6.54 Å². The molecule has 0 N–H and O–H groups in total. The van der Waals surface area contributed by atoms with Gasteiger partial charge in [-0.05, 0) is 32.8 Å². The molecule has 0 bridgehead atoms. The number of nitrogens with zero attached hydrogens (tertiary/aromatic N) is 5. The van der Waals surface area contributed by atoms with Gasteiger partial charge in [-0.15, -0.1) is 5.10 Å². The Kier molecular flexibility index (Phi) is 4.98. The fourth-order valence-corrected chi connectivity index (χ4v) is 3.76. The molecule has 1 aliphatic rings. The van der Waals surface area contributed by atoms with E-state index in [1.165, 1.54) is 23.4 Å². The van der Waals surface area contributed by atoms with Crippen LogP contribution in [0.2, 0.25) is 0 Å². The van der Waals surface area contributed by atoms with E-state index in [4.69, 9.17) is 0 Å². The summed E-state index contributed by atoms with van der Waals surface area (Å²) in [6.45, 7) is 5.60. The zero-order chi connectivity index (χ0) is 19.7. The third-order valence-electron chi connectivity index (χ3n) is 5.33. The lowest BCUT2D eigenvalue weighted by atomic mass is 10.1. The van der Waals surface area contributed by atoms with Gasteiger partial charge in [0.25, 0.3) is 5.56 Å². The second kappa shape index (κ2) is 7.58. The largest absolute Gasteiger partial charge is 0.341 e. The molecule has 1 aliphatic heterocycles. The zero-order valence-corrected chi connectivity index (χ0v) is 16.4. The molecule has 7 heteroatoms. The number of carbonyl (C=O) groups is 1. The zero-order valence-electron chi connectivity index (χ0n) is 16.4. The highest BCUT2D eigenvalue weighted by Crippen LogP contribution is 2.18. The Morgan fingerprint density at radius 3 is 2.54 bits per heavy atom. The summed E-state index contributed by atoms with van der Waals surface area (Å²) in [5.41, 5.74) is 2.42. The molecule has 28 heavy (non-hydrogen) atoms. The maximum atomic E-state index is 12.9. The van der Waals surface area contributed by atoms with Gasteiger partial charge in [-0.25, -0.2) is 0 Å². The van der Waals surface area contributed by atoms with Crippen molar-refractivity contribution in [2.24, 2.45) is 0 Å². The van der Waals surface area contributed by atoms with Gasteiger partial charge in [0.05, 0.1) is 0 Å². The molecule has 7 nitrogen and oxygen atoms in total. The van der Waals surface area contributed by atoms with Gasteiger partial charge in [-0.1, -0.05) is 36.6 Å². The monoisotopic (exact) mass is 379 g/mol. The molecule has 1 fully saturated rings. The summed E-state index contributed by atoms with van der Waals surface area (Å²) in [6.07, 6.45) is 4.45. The van der Waals surface area contributed by atoms with Crippen LogP contribution in [0.25, 0.3) is 17.2 Å². The Balaban J connectivity index is 1.73. The second-order valence-electron chi connectivity index (χ2n) is 7.52. The number of rotatable bonds is 3. The molecule has 3 heterocycles. The molecular formula is C21H25N5O2. The van der Waals surface area contributed by atoms with Crippen LogP contribution in [0.15, 0.2) is 35.1 Å². The van der Waals surface area contributed by atoms with Crippen molar-refractivity contribution in [1.82, 2.24) is 24.1 Å². The topological polar surface area (TPSA) is 72.5 Å². The van der Waals surface area contributed by atoms with Crippen LogP contribution >= 0.6 is 0 Å². The van der Waals surface area contributed by atoms with Crippen molar-refractivity contribution in [3.8, 4) is 11.4 Å². The summed E-state index contributed by atoms with van der Waals surface area (Å²) >= 11 is 0. The van der Waals surface area contributed by atoms with E-state index in [1.54, 1.807) is 4.57 Å². The van der Waals surface area contributed by atoms with Gasteiger partial charge in [0.15, 0.2) is 5.82 Å². The SMILES string of the molecule is Cc1cccc(-c2nc3n(CC(=O)N4CCCCCC4)c(C)cc(=O)n3n2)c1. The third kappa shape index (κ3) is 3.56. The average molecular weight is 379 g/mol. The van der Waals surface area contributed by atoms with E-state index >= 15 is 0 Å². The summed E-state index contributed by atoms with van der Waals surface area (Å²) in [6, 6.07) is 9.36. The standard InChI is InChI=1S/C21H25N5O2/c1-15-8-7-9-17(12-15)20-22-21-25(16(2)13-18(27)26(21)23-20)14-19(28)24-10-5-3-4-6-11-24/h7-9,12-13H,3-6,10-11,14H2,1-2H3. The predicted octanol–water partition coefficient (Wildman–Crippen LogP) is 2.58. The molecule has 0 spiro atoms. The lowest BCUT2D eigenvalue weighted by Crippen LogP contribution is -2.35. The number of hydrogen-bond donors (Lipinski definition) is 0. The number of benzene rings is 1.